The molecule has 112 valence electrons. The molecule has 2 rings (SSSR count). The van der Waals surface area contributed by atoms with Crippen LogP contribution in [0.2, 0.25) is 0 Å². The van der Waals surface area contributed by atoms with Gasteiger partial charge in [0, 0.05) is 5.69 Å². The number of aliphatic hydroxyl groups excluding tert-OH is 1. The molecule has 0 saturated heterocycles. The van der Waals surface area contributed by atoms with Gasteiger partial charge in [0.15, 0.2) is 0 Å². The normalized spacial score (nSPS) is 11.2. The van der Waals surface area contributed by atoms with Gasteiger partial charge in [-0.2, -0.15) is 0 Å². The molecule has 0 aliphatic rings. The van der Waals surface area contributed by atoms with E-state index in [9.17, 15) is 12.8 Å². The third kappa shape index (κ3) is 3.50. The highest BCUT2D eigenvalue weighted by Crippen LogP contribution is 2.27. The largest absolute Gasteiger partial charge is 0.495 e. The maximum Gasteiger partial charge on any atom is 0.265 e. The third-order valence-corrected chi connectivity index (χ3v) is 4.22. The number of nitrogens with one attached hydrogen (secondary N) is 1. The fraction of sp³-hybridized carbons (Fsp3) is 0.143. The van der Waals surface area contributed by atoms with Crippen molar-refractivity contribution in [3.63, 3.8) is 0 Å². The molecule has 0 unspecified atom stereocenters. The Kier molecular flexibility index (Phi) is 4.44. The monoisotopic (exact) mass is 311 g/mol. The molecule has 2 N–H and O–H groups in total. The maximum absolute atomic E-state index is 12.8. The fourth-order valence-electron chi connectivity index (χ4n) is 1.76. The molecule has 0 fully saturated rings. The minimum atomic E-state index is -3.87. The van der Waals surface area contributed by atoms with Crippen LogP contribution in [0, 0.1) is 5.82 Å². The molecule has 2 aromatic carbocycles. The zero-order valence-electron chi connectivity index (χ0n) is 11.2. The summed E-state index contributed by atoms with van der Waals surface area (Å²) in [4.78, 5) is -0.0634. The number of hydrogen-bond donors (Lipinski definition) is 2. The molecule has 0 aliphatic heterocycles. The first-order chi connectivity index (χ1) is 9.96. The number of rotatable bonds is 5. The molecule has 7 heteroatoms. The molecule has 0 atom stereocenters. The fourth-order valence-corrected chi connectivity index (χ4v) is 2.97. The van der Waals surface area contributed by atoms with Gasteiger partial charge in [-0.1, -0.05) is 6.07 Å². The highest BCUT2D eigenvalue weighted by atomic mass is 32.2. The van der Waals surface area contributed by atoms with Crippen molar-refractivity contribution in [1.29, 1.82) is 0 Å². The lowest BCUT2D eigenvalue weighted by Gasteiger charge is -2.12. The van der Waals surface area contributed by atoms with Gasteiger partial charge in [-0.15, -0.1) is 0 Å². The topological polar surface area (TPSA) is 75.6 Å². The number of hydrogen-bond acceptors (Lipinski definition) is 4. The lowest BCUT2D eigenvalue weighted by molar-refractivity contribution is 0.280. The Balaban J connectivity index is 2.37. The summed E-state index contributed by atoms with van der Waals surface area (Å²) in [5, 5.41) is 9.06. The second kappa shape index (κ2) is 6.11. The van der Waals surface area contributed by atoms with Crippen LogP contribution in [-0.2, 0) is 16.6 Å². The number of aliphatic hydroxyl groups is 1. The van der Waals surface area contributed by atoms with E-state index in [1.165, 1.54) is 37.4 Å². The van der Waals surface area contributed by atoms with E-state index >= 15 is 0 Å². The van der Waals surface area contributed by atoms with Gasteiger partial charge in [0.1, 0.15) is 16.5 Å². The molecule has 21 heavy (non-hydrogen) atoms. The van der Waals surface area contributed by atoms with Crippen molar-refractivity contribution in [1.82, 2.24) is 0 Å². The Labute approximate surface area is 122 Å². The minimum Gasteiger partial charge on any atom is -0.495 e. The molecular weight excluding hydrogens is 297 g/mol. The molecule has 0 aromatic heterocycles. The van der Waals surface area contributed by atoms with Crippen molar-refractivity contribution in [3.05, 3.63) is 53.8 Å². The number of sulfonamides is 1. The first-order valence-corrected chi connectivity index (χ1v) is 7.51. The van der Waals surface area contributed by atoms with E-state index in [0.717, 1.165) is 12.1 Å². The molecule has 0 bridgehead atoms. The van der Waals surface area contributed by atoms with E-state index in [1.807, 2.05) is 0 Å². The second-order valence-electron chi connectivity index (χ2n) is 4.26. The van der Waals surface area contributed by atoms with Crippen LogP contribution in [0.1, 0.15) is 5.56 Å². The highest BCUT2D eigenvalue weighted by molar-refractivity contribution is 7.92. The van der Waals surface area contributed by atoms with Crippen LogP contribution in [0.3, 0.4) is 0 Å². The van der Waals surface area contributed by atoms with Crippen LogP contribution >= 0.6 is 0 Å². The highest BCUT2D eigenvalue weighted by Gasteiger charge is 2.20. The third-order valence-electron chi connectivity index (χ3n) is 2.80. The summed E-state index contributed by atoms with van der Waals surface area (Å²) in [6, 6.07) is 9.23. The van der Waals surface area contributed by atoms with Gasteiger partial charge in [0.05, 0.1) is 13.7 Å². The summed E-state index contributed by atoms with van der Waals surface area (Å²) < 4.78 is 44.8. The number of benzene rings is 2. The minimum absolute atomic E-state index is 0.0634. The summed E-state index contributed by atoms with van der Waals surface area (Å²) >= 11 is 0. The van der Waals surface area contributed by atoms with E-state index in [-0.39, 0.29) is 22.9 Å². The van der Waals surface area contributed by atoms with Crippen LogP contribution in [0.25, 0.3) is 0 Å². The van der Waals surface area contributed by atoms with Crippen molar-refractivity contribution in [2.45, 2.75) is 11.5 Å². The molecule has 0 saturated carbocycles. The molecule has 5 nitrogen and oxygen atoms in total. The van der Waals surface area contributed by atoms with Crippen molar-refractivity contribution in [2.24, 2.45) is 0 Å². The molecule has 0 radical (unpaired) electrons. The van der Waals surface area contributed by atoms with Crippen LogP contribution in [0.5, 0.6) is 5.75 Å². The standard InChI is InChI=1S/C14H14FNO4S/c1-20-13-8-10(9-17)2-7-14(13)21(18,19)16-12-5-3-11(15)4-6-12/h2-8,16-17H,9H2,1H3. The first kappa shape index (κ1) is 15.3. The molecule has 0 aliphatic carbocycles. The predicted molar refractivity (Wildman–Crippen MR) is 76.1 cm³/mol. The number of ether oxygens (including phenoxy) is 1. The van der Waals surface area contributed by atoms with Crippen LogP contribution in [-0.4, -0.2) is 20.6 Å². The van der Waals surface area contributed by atoms with Gasteiger partial charge >= 0.3 is 0 Å². The Bertz CT molecular complexity index is 729. The van der Waals surface area contributed by atoms with E-state index < -0.39 is 15.8 Å². The zero-order chi connectivity index (χ0) is 15.5. The van der Waals surface area contributed by atoms with Crippen molar-refractivity contribution >= 4 is 15.7 Å². The second-order valence-corrected chi connectivity index (χ2v) is 5.91. The van der Waals surface area contributed by atoms with E-state index in [2.05, 4.69) is 4.72 Å². The number of methoxy groups -OCH3 is 1. The summed E-state index contributed by atoms with van der Waals surface area (Å²) in [5.41, 5.74) is 0.775. The average Bonchev–Trinajstić information content (AvgIpc) is 2.48. The summed E-state index contributed by atoms with van der Waals surface area (Å²) in [5.74, 6) is -0.334. The van der Waals surface area contributed by atoms with Crippen LogP contribution in [0.15, 0.2) is 47.4 Å². The van der Waals surface area contributed by atoms with Gasteiger partial charge < -0.3 is 9.84 Å². The van der Waals surface area contributed by atoms with Crippen molar-refractivity contribution in [2.75, 3.05) is 11.8 Å². The SMILES string of the molecule is COc1cc(CO)ccc1S(=O)(=O)Nc1ccc(F)cc1. The Morgan fingerprint density at radius 3 is 2.43 bits per heavy atom. The van der Waals surface area contributed by atoms with Crippen LogP contribution in [0.4, 0.5) is 10.1 Å². The number of halogens is 1. The Morgan fingerprint density at radius 2 is 1.86 bits per heavy atom. The van der Waals surface area contributed by atoms with E-state index in [0.29, 0.717) is 5.56 Å². The average molecular weight is 311 g/mol. The molecular formula is C14H14FNO4S. The predicted octanol–water partition coefficient (Wildman–Crippen LogP) is 2.13. The zero-order valence-corrected chi connectivity index (χ0v) is 12.0. The maximum atomic E-state index is 12.8. The van der Waals surface area contributed by atoms with Gasteiger partial charge in [-0.3, -0.25) is 4.72 Å². The molecule has 0 spiro atoms. The summed E-state index contributed by atoms with van der Waals surface area (Å²) in [6.07, 6.45) is 0. The smallest absolute Gasteiger partial charge is 0.265 e. The molecule has 0 heterocycles. The quantitative estimate of drug-likeness (QED) is 0.887. The van der Waals surface area contributed by atoms with Crippen molar-refractivity contribution in [3.8, 4) is 5.75 Å². The van der Waals surface area contributed by atoms with Gasteiger partial charge in [0.25, 0.3) is 10.0 Å². The Morgan fingerprint density at radius 1 is 1.19 bits per heavy atom. The van der Waals surface area contributed by atoms with Gasteiger partial charge in [-0.05, 0) is 42.0 Å². The lowest BCUT2D eigenvalue weighted by Crippen LogP contribution is -2.14. The van der Waals surface area contributed by atoms with Crippen LogP contribution < -0.4 is 9.46 Å². The van der Waals surface area contributed by atoms with E-state index in [1.54, 1.807) is 0 Å². The summed E-state index contributed by atoms with van der Waals surface area (Å²) in [7, 11) is -2.53. The van der Waals surface area contributed by atoms with Crippen molar-refractivity contribution < 1.29 is 22.7 Å². The lowest BCUT2D eigenvalue weighted by atomic mass is 10.2. The van der Waals surface area contributed by atoms with Gasteiger partial charge in [-0.25, -0.2) is 12.8 Å². The molecule has 0 amide bonds. The molecule has 2 aromatic rings. The van der Waals surface area contributed by atoms with E-state index in [4.69, 9.17) is 9.84 Å². The number of anilines is 1. The Hall–Kier alpha value is -2.12. The first-order valence-electron chi connectivity index (χ1n) is 6.02. The summed E-state index contributed by atoms with van der Waals surface area (Å²) in [6.45, 7) is -0.220. The van der Waals surface area contributed by atoms with Gasteiger partial charge in [0.2, 0.25) is 0 Å².